The van der Waals surface area contributed by atoms with Gasteiger partial charge < -0.3 is 26.2 Å². The summed E-state index contributed by atoms with van der Waals surface area (Å²) in [5.74, 6) is 0.712. The maximum Gasteiger partial charge on any atom is 0.123 e. The van der Waals surface area contributed by atoms with E-state index >= 15 is 0 Å². The molecule has 0 amide bonds. The predicted octanol–water partition coefficient (Wildman–Crippen LogP) is 2.91. The number of phenolic OH excluding ortho intramolecular Hbond substituents is 1. The molecule has 6 nitrogen and oxygen atoms in total. The van der Waals surface area contributed by atoms with Crippen LogP contribution in [0.3, 0.4) is 0 Å². The van der Waals surface area contributed by atoms with Gasteiger partial charge in [0, 0.05) is 35.2 Å². The SMILES string of the molecule is C[C@@H](Cc1c[nH]c2ccc(O)cc12)NCc1nc(N)ccc1CO.Cl.Cl. The topological polar surface area (TPSA) is 107 Å². The fourth-order valence-corrected chi connectivity index (χ4v) is 2.85. The molecule has 8 heteroatoms. The number of aromatic hydroxyl groups is 1. The summed E-state index contributed by atoms with van der Waals surface area (Å²) >= 11 is 0. The summed E-state index contributed by atoms with van der Waals surface area (Å²) in [6, 6.07) is 9.00. The number of aromatic nitrogens is 2. The Bertz CT molecular complexity index is 854. The summed E-state index contributed by atoms with van der Waals surface area (Å²) in [7, 11) is 0. The molecule has 3 aromatic rings. The Hall–Kier alpha value is -1.99. The van der Waals surface area contributed by atoms with Gasteiger partial charge in [-0.25, -0.2) is 4.98 Å². The van der Waals surface area contributed by atoms with E-state index in [2.05, 4.69) is 22.2 Å². The normalized spacial score (nSPS) is 11.6. The molecule has 0 radical (unpaired) electrons. The van der Waals surface area contributed by atoms with E-state index < -0.39 is 0 Å². The lowest BCUT2D eigenvalue weighted by Crippen LogP contribution is -2.28. The first-order valence-electron chi connectivity index (χ1n) is 7.94. The highest BCUT2D eigenvalue weighted by Crippen LogP contribution is 2.24. The summed E-state index contributed by atoms with van der Waals surface area (Å²) < 4.78 is 0. The van der Waals surface area contributed by atoms with E-state index in [1.165, 1.54) is 0 Å². The second kappa shape index (κ2) is 9.64. The van der Waals surface area contributed by atoms with E-state index in [0.29, 0.717) is 12.4 Å². The number of aliphatic hydroxyl groups is 1. The number of H-pyrrole nitrogens is 1. The summed E-state index contributed by atoms with van der Waals surface area (Å²) in [6.45, 7) is 2.57. The zero-order valence-corrected chi connectivity index (χ0v) is 16.0. The third-order valence-corrected chi connectivity index (χ3v) is 4.16. The Morgan fingerprint density at radius 1 is 1.19 bits per heavy atom. The summed E-state index contributed by atoms with van der Waals surface area (Å²) in [4.78, 5) is 7.51. The van der Waals surface area contributed by atoms with Gasteiger partial charge in [0.25, 0.3) is 0 Å². The maximum atomic E-state index is 9.67. The molecule has 26 heavy (non-hydrogen) atoms. The van der Waals surface area contributed by atoms with Crippen molar-refractivity contribution in [2.24, 2.45) is 0 Å². The minimum Gasteiger partial charge on any atom is -0.508 e. The van der Waals surface area contributed by atoms with Crippen LogP contribution in [0, 0.1) is 0 Å². The number of nitrogens with one attached hydrogen (secondary N) is 2. The van der Waals surface area contributed by atoms with Gasteiger partial charge in [-0.3, -0.25) is 0 Å². The van der Waals surface area contributed by atoms with E-state index in [-0.39, 0.29) is 43.2 Å². The van der Waals surface area contributed by atoms with E-state index in [1.807, 2.05) is 12.3 Å². The van der Waals surface area contributed by atoms with E-state index in [1.54, 1.807) is 24.3 Å². The fourth-order valence-electron chi connectivity index (χ4n) is 2.85. The molecule has 2 heterocycles. The number of benzene rings is 1. The number of hydrogen-bond donors (Lipinski definition) is 5. The highest BCUT2D eigenvalue weighted by molar-refractivity contribution is 5.86. The zero-order chi connectivity index (χ0) is 17.1. The standard InChI is InChI=1S/C18H22N4O2.2ClH/c1-11(20-9-17-12(10-23)2-5-18(19)22-17)6-13-8-21-16-4-3-14(24)7-15(13)16;;/h2-5,7-8,11,20-21,23-24H,6,9-10H2,1H3,(H2,19,22);2*1H/t11-;;/m0../s1. The molecule has 1 atom stereocenters. The molecule has 1 aromatic carbocycles. The van der Waals surface area contributed by atoms with Crippen molar-refractivity contribution in [3.63, 3.8) is 0 Å². The highest BCUT2D eigenvalue weighted by atomic mass is 35.5. The van der Waals surface area contributed by atoms with Gasteiger partial charge in [0.1, 0.15) is 11.6 Å². The predicted molar refractivity (Wildman–Crippen MR) is 109 cm³/mol. The number of pyridine rings is 1. The second-order valence-corrected chi connectivity index (χ2v) is 6.03. The van der Waals surface area contributed by atoms with E-state index in [9.17, 15) is 10.2 Å². The average molecular weight is 399 g/mol. The Kier molecular flexibility index (Phi) is 8.17. The number of aliphatic hydroxyl groups excluding tert-OH is 1. The Morgan fingerprint density at radius 2 is 1.96 bits per heavy atom. The highest BCUT2D eigenvalue weighted by Gasteiger charge is 2.11. The number of fused-ring (bicyclic) bond motifs is 1. The number of rotatable bonds is 6. The second-order valence-electron chi connectivity index (χ2n) is 6.03. The Morgan fingerprint density at radius 3 is 2.69 bits per heavy atom. The van der Waals surface area contributed by atoms with Gasteiger partial charge in [-0.2, -0.15) is 0 Å². The van der Waals surface area contributed by atoms with Gasteiger partial charge in [0.15, 0.2) is 0 Å². The van der Waals surface area contributed by atoms with Gasteiger partial charge in [0.05, 0.1) is 12.3 Å². The molecule has 0 aliphatic rings. The first-order chi connectivity index (χ1) is 11.6. The molecule has 0 aliphatic carbocycles. The lowest BCUT2D eigenvalue weighted by molar-refractivity contribution is 0.279. The number of nitrogens with zero attached hydrogens (tertiary/aromatic N) is 1. The molecule has 0 aliphatic heterocycles. The maximum absolute atomic E-state index is 9.67. The van der Waals surface area contributed by atoms with Crippen molar-refractivity contribution in [2.45, 2.75) is 32.5 Å². The first kappa shape index (κ1) is 22.1. The van der Waals surface area contributed by atoms with Gasteiger partial charge in [-0.1, -0.05) is 6.07 Å². The van der Waals surface area contributed by atoms with E-state index in [4.69, 9.17) is 5.73 Å². The van der Waals surface area contributed by atoms with E-state index in [0.717, 1.165) is 34.1 Å². The minimum atomic E-state index is -0.0552. The number of nitrogens with two attached hydrogens (primary N) is 1. The van der Waals surface area contributed by atoms with Crippen molar-refractivity contribution in [1.82, 2.24) is 15.3 Å². The number of hydrogen-bond acceptors (Lipinski definition) is 5. The van der Waals surface area contributed by atoms with Crippen LogP contribution in [0.15, 0.2) is 36.5 Å². The molecular formula is C18H24Cl2N4O2. The quantitative estimate of drug-likeness (QED) is 0.438. The van der Waals surface area contributed by atoms with Gasteiger partial charge in [-0.15, -0.1) is 24.8 Å². The van der Waals surface area contributed by atoms with Crippen molar-refractivity contribution in [1.29, 1.82) is 0 Å². The average Bonchev–Trinajstić information content (AvgIpc) is 2.95. The fraction of sp³-hybridized carbons (Fsp3) is 0.278. The Balaban J connectivity index is 0.00000169. The third kappa shape index (κ3) is 5.02. The summed E-state index contributed by atoms with van der Waals surface area (Å²) in [5, 5.41) is 23.5. The molecular weight excluding hydrogens is 375 g/mol. The Labute approximate surface area is 164 Å². The van der Waals surface area contributed by atoms with Crippen molar-refractivity contribution < 1.29 is 10.2 Å². The van der Waals surface area contributed by atoms with Crippen LogP contribution in [-0.4, -0.2) is 26.2 Å². The van der Waals surface area contributed by atoms with Crippen molar-refractivity contribution in [2.75, 3.05) is 5.73 Å². The van der Waals surface area contributed by atoms with Crippen LogP contribution in [0.2, 0.25) is 0 Å². The lowest BCUT2D eigenvalue weighted by Gasteiger charge is -2.15. The minimum absolute atomic E-state index is 0. The summed E-state index contributed by atoms with van der Waals surface area (Å²) in [6.07, 6.45) is 2.78. The van der Waals surface area contributed by atoms with Crippen LogP contribution in [0.4, 0.5) is 5.82 Å². The van der Waals surface area contributed by atoms with Crippen molar-refractivity contribution in [3.8, 4) is 5.75 Å². The number of anilines is 1. The first-order valence-corrected chi connectivity index (χ1v) is 7.94. The number of halogens is 2. The van der Waals surface area contributed by atoms with Gasteiger partial charge >= 0.3 is 0 Å². The molecule has 3 rings (SSSR count). The van der Waals surface area contributed by atoms with Crippen LogP contribution in [-0.2, 0) is 19.6 Å². The van der Waals surface area contributed by atoms with Crippen LogP contribution >= 0.6 is 24.8 Å². The molecule has 6 N–H and O–H groups in total. The number of aromatic amines is 1. The monoisotopic (exact) mass is 398 g/mol. The molecule has 0 spiro atoms. The van der Waals surface area contributed by atoms with Gasteiger partial charge in [-0.05, 0) is 43.2 Å². The van der Waals surface area contributed by atoms with Crippen molar-refractivity contribution >= 4 is 41.5 Å². The lowest BCUT2D eigenvalue weighted by atomic mass is 10.1. The summed E-state index contributed by atoms with van der Waals surface area (Å²) in [5.41, 5.74) is 9.42. The number of phenols is 1. The largest absolute Gasteiger partial charge is 0.508 e. The molecule has 0 saturated heterocycles. The smallest absolute Gasteiger partial charge is 0.123 e. The molecule has 0 fully saturated rings. The van der Waals surface area contributed by atoms with Crippen molar-refractivity contribution in [3.05, 3.63) is 53.3 Å². The van der Waals surface area contributed by atoms with Crippen LogP contribution in [0.1, 0.15) is 23.7 Å². The molecule has 0 saturated carbocycles. The molecule has 0 bridgehead atoms. The molecule has 0 unspecified atom stereocenters. The van der Waals surface area contributed by atoms with Crippen LogP contribution < -0.4 is 11.1 Å². The van der Waals surface area contributed by atoms with Crippen LogP contribution in [0.5, 0.6) is 5.75 Å². The number of nitrogen functional groups attached to an aromatic ring is 1. The van der Waals surface area contributed by atoms with Crippen LogP contribution in [0.25, 0.3) is 10.9 Å². The molecule has 2 aromatic heterocycles. The third-order valence-electron chi connectivity index (χ3n) is 4.16. The molecule has 142 valence electrons. The van der Waals surface area contributed by atoms with Gasteiger partial charge in [0.2, 0.25) is 0 Å². The zero-order valence-electron chi connectivity index (χ0n) is 14.4.